The molecule has 0 aliphatic heterocycles. The van der Waals surface area contributed by atoms with E-state index in [0.717, 1.165) is 11.5 Å². The third-order valence-electron chi connectivity index (χ3n) is 2.67. The standard InChI is InChI=1S/C11H19N3O2/c1-7-8(2)16-9(14-7)6-13-10(15)11(3,4)12-5/h12H,6H2,1-5H3,(H,13,15). The Bertz CT molecular complexity index is 363. The number of nitrogens with one attached hydrogen (secondary N) is 2. The van der Waals surface area contributed by atoms with Crippen LogP contribution in [0.1, 0.15) is 31.2 Å². The first kappa shape index (κ1) is 12.7. The van der Waals surface area contributed by atoms with Crippen LogP contribution in [0.3, 0.4) is 0 Å². The molecule has 16 heavy (non-hydrogen) atoms. The van der Waals surface area contributed by atoms with Crippen molar-refractivity contribution in [3.63, 3.8) is 0 Å². The van der Waals surface area contributed by atoms with Crippen molar-refractivity contribution in [2.45, 2.75) is 39.8 Å². The number of carbonyl (C=O) groups is 1. The molecule has 2 N–H and O–H groups in total. The summed E-state index contributed by atoms with van der Waals surface area (Å²) in [6.45, 7) is 7.67. The number of rotatable bonds is 4. The van der Waals surface area contributed by atoms with Crippen LogP contribution < -0.4 is 10.6 Å². The summed E-state index contributed by atoms with van der Waals surface area (Å²) in [5.74, 6) is 1.25. The molecule has 0 aromatic carbocycles. The molecule has 0 saturated heterocycles. The number of oxazole rings is 1. The summed E-state index contributed by atoms with van der Waals surface area (Å²) in [6.07, 6.45) is 0. The van der Waals surface area contributed by atoms with Crippen LogP contribution in [-0.2, 0) is 11.3 Å². The van der Waals surface area contributed by atoms with E-state index >= 15 is 0 Å². The molecule has 0 bridgehead atoms. The van der Waals surface area contributed by atoms with Crippen LogP contribution in [0.5, 0.6) is 0 Å². The van der Waals surface area contributed by atoms with Gasteiger partial charge in [0, 0.05) is 0 Å². The van der Waals surface area contributed by atoms with Gasteiger partial charge in [-0.1, -0.05) is 0 Å². The number of carbonyl (C=O) groups excluding carboxylic acids is 1. The summed E-state index contributed by atoms with van der Waals surface area (Å²) in [7, 11) is 1.75. The maximum Gasteiger partial charge on any atom is 0.240 e. The summed E-state index contributed by atoms with van der Waals surface area (Å²) in [6, 6.07) is 0. The van der Waals surface area contributed by atoms with E-state index in [-0.39, 0.29) is 5.91 Å². The molecule has 1 aromatic rings. The second kappa shape index (κ2) is 4.65. The molecule has 5 nitrogen and oxygen atoms in total. The molecular weight excluding hydrogens is 206 g/mol. The molecule has 0 radical (unpaired) electrons. The summed E-state index contributed by atoms with van der Waals surface area (Å²) in [5, 5.41) is 5.70. The lowest BCUT2D eigenvalue weighted by Crippen LogP contribution is -2.50. The highest BCUT2D eigenvalue weighted by atomic mass is 16.4. The molecule has 0 atom stereocenters. The molecule has 1 aromatic heterocycles. The Kier molecular flexibility index (Phi) is 3.70. The Labute approximate surface area is 95.6 Å². The van der Waals surface area contributed by atoms with Gasteiger partial charge in [-0.05, 0) is 34.7 Å². The predicted octanol–water partition coefficient (Wildman–Crippen LogP) is 0.906. The summed E-state index contributed by atoms with van der Waals surface area (Å²) in [5.41, 5.74) is 0.272. The number of aryl methyl sites for hydroxylation is 2. The predicted molar refractivity (Wildman–Crippen MR) is 61.0 cm³/mol. The third-order valence-corrected chi connectivity index (χ3v) is 2.67. The Morgan fingerprint density at radius 1 is 1.44 bits per heavy atom. The molecule has 0 aliphatic rings. The van der Waals surface area contributed by atoms with E-state index in [4.69, 9.17) is 4.42 Å². The highest BCUT2D eigenvalue weighted by Gasteiger charge is 2.25. The molecule has 1 amide bonds. The minimum Gasteiger partial charge on any atom is -0.444 e. The van der Waals surface area contributed by atoms with Gasteiger partial charge in [0.1, 0.15) is 5.76 Å². The second-order valence-electron chi connectivity index (χ2n) is 4.31. The lowest BCUT2D eigenvalue weighted by atomic mass is 10.1. The van der Waals surface area contributed by atoms with Crippen LogP contribution in [0.4, 0.5) is 0 Å². The SMILES string of the molecule is CNC(C)(C)C(=O)NCc1nc(C)c(C)o1. The summed E-state index contributed by atoms with van der Waals surface area (Å²) < 4.78 is 5.36. The van der Waals surface area contributed by atoms with Gasteiger partial charge in [-0.2, -0.15) is 0 Å². The van der Waals surface area contributed by atoms with Crippen molar-refractivity contribution in [1.82, 2.24) is 15.6 Å². The first-order valence-electron chi connectivity index (χ1n) is 5.27. The largest absolute Gasteiger partial charge is 0.444 e. The lowest BCUT2D eigenvalue weighted by Gasteiger charge is -2.22. The first-order chi connectivity index (χ1) is 7.36. The van der Waals surface area contributed by atoms with E-state index < -0.39 is 5.54 Å². The lowest BCUT2D eigenvalue weighted by molar-refractivity contribution is -0.126. The van der Waals surface area contributed by atoms with Gasteiger partial charge in [-0.3, -0.25) is 4.79 Å². The van der Waals surface area contributed by atoms with Crippen LogP contribution >= 0.6 is 0 Å². The molecule has 1 rings (SSSR count). The number of amides is 1. The van der Waals surface area contributed by atoms with Crippen LogP contribution in [0, 0.1) is 13.8 Å². The van der Waals surface area contributed by atoms with E-state index in [1.165, 1.54) is 0 Å². The topological polar surface area (TPSA) is 67.2 Å². The maximum atomic E-state index is 11.7. The molecule has 90 valence electrons. The average Bonchev–Trinajstić information content (AvgIpc) is 2.55. The Balaban J connectivity index is 2.55. The second-order valence-corrected chi connectivity index (χ2v) is 4.31. The van der Waals surface area contributed by atoms with Gasteiger partial charge in [0.15, 0.2) is 0 Å². The van der Waals surface area contributed by atoms with Crippen LogP contribution in [0.15, 0.2) is 4.42 Å². The molecule has 0 spiro atoms. The Hall–Kier alpha value is -1.36. The highest BCUT2D eigenvalue weighted by molar-refractivity contribution is 5.85. The van der Waals surface area contributed by atoms with Crippen LogP contribution in [0.25, 0.3) is 0 Å². The number of nitrogens with zero attached hydrogens (tertiary/aromatic N) is 1. The first-order valence-corrected chi connectivity index (χ1v) is 5.27. The van der Waals surface area contributed by atoms with Gasteiger partial charge in [-0.25, -0.2) is 4.98 Å². The molecule has 0 aliphatic carbocycles. The molecule has 1 heterocycles. The summed E-state index contributed by atoms with van der Waals surface area (Å²) in [4.78, 5) is 15.9. The van der Waals surface area contributed by atoms with Crippen LogP contribution in [0.2, 0.25) is 0 Å². The fourth-order valence-electron chi connectivity index (χ4n) is 1.11. The maximum absolute atomic E-state index is 11.7. The number of aromatic nitrogens is 1. The number of hydrogen-bond acceptors (Lipinski definition) is 4. The van der Waals surface area contributed by atoms with Gasteiger partial charge < -0.3 is 15.1 Å². The highest BCUT2D eigenvalue weighted by Crippen LogP contribution is 2.08. The number of likely N-dealkylation sites (N-methyl/N-ethyl adjacent to an activating group) is 1. The quantitative estimate of drug-likeness (QED) is 0.799. The average molecular weight is 225 g/mol. The van der Waals surface area contributed by atoms with E-state index in [0.29, 0.717) is 12.4 Å². The molecule has 5 heteroatoms. The monoisotopic (exact) mass is 225 g/mol. The van der Waals surface area contributed by atoms with E-state index in [2.05, 4.69) is 15.6 Å². The van der Waals surface area contributed by atoms with Gasteiger partial charge in [0.05, 0.1) is 17.8 Å². The van der Waals surface area contributed by atoms with Crippen molar-refractivity contribution in [3.05, 3.63) is 17.3 Å². The zero-order chi connectivity index (χ0) is 12.3. The zero-order valence-corrected chi connectivity index (χ0v) is 10.5. The molecule has 0 fully saturated rings. The van der Waals surface area contributed by atoms with E-state index in [1.807, 2.05) is 27.7 Å². The van der Waals surface area contributed by atoms with Crippen molar-refractivity contribution in [1.29, 1.82) is 0 Å². The fraction of sp³-hybridized carbons (Fsp3) is 0.636. The van der Waals surface area contributed by atoms with E-state index in [1.54, 1.807) is 7.05 Å². The van der Waals surface area contributed by atoms with Gasteiger partial charge in [0.25, 0.3) is 0 Å². The van der Waals surface area contributed by atoms with E-state index in [9.17, 15) is 4.79 Å². The van der Waals surface area contributed by atoms with Crippen LogP contribution in [-0.4, -0.2) is 23.5 Å². The Morgan fingerprint density at radius 2 is 2.06 bits per heavy atom. The smallest absolute Gasteiger partial charge is 0.240 e. The fourth-order valence-corrected chi connectivity index (χ4v) is 1.11. The van der Waals surface area contributed by atoms with Crippen molar-refractivity contribution < 1.29 is 9.21 Å². The van der Waals surface area contributed by atoms with Crippen molar-refractivity contribution in [3.8, 4) is 0 Å². The summed E-state index contributed by atoms with van der Waals surface area (Å²) >= 11 is 0. The van der Waals surface area contributed by atoms with Gasteiger partial charge in [-0.15, -0.1) is 0 Å². The Morgan fingerprint density at radius 3 is 2.50 bits per heavy atom. The molecule has 0 unspecified atom stereocenters. The molecular formula is C11H19N3O2. The van der Waals surface area contributed by atoms with Gasteiger partial charge >= 0.3 is 0 Å². The minimum absolute atomic E-state index is 0.0801. The minimum atomic E-state index is -0.587. The zero-order valence-electron chi connectivity index (χ0n) is 10.5. The van der Waals surface area contributed by atoms with Crippen molar-refractivity contribution in [2.24, 2.45) is 0 Å². The van der Waals surface area contributed by atoms with Gasteiger partial charge in [0.2, 0.25) is 11.8 Å². The normalized spacial score (nSPS) is 11.6. The third kappa shape index (κ3) is 2.82. The van der Waals surface area contributed by atoms with Crippen molar-refractivity contribution in [2.75, 3.05) is 7.05 Å². The number of hydrogen-bond donors (Lipinski definition) is 2. The van der Waals surface area contributed by atoms with Crippen molar-refractivity contribution >= 4 is 5.91 Å². The molecule has 0 saturated carbocycles.